The summed E-state index contributed by atoms with van der Waals surface area (Å²) in [7, 11) is 0. The Hall–Kier alpha value is -3.15. The number of rotatable bonds is 5. The number of benzene rings is 2. The highest BCUT2D eigenvalue weighted by molar-refractivity contribution is 5.80. The maximum absolute atomic E-state index is 13.5. The molecule has 1 aromatic heterocycles. The summed E-state index contributed by atoms with van der Waals surface area (Å²) in [5.74, 6) is 0.0493. The van der Waals surface area contributed by atoms with E-state index in [9.17, 15) is 9.18 Å². The summed E-state index contributed by atoms with van der Waals surface area (Å²) < 4.78 is 24.4. The molecular weight excluding hydrogens is 323 g/mol. The molecule has 0 spiro atoms. The number of nitrogens with zero attached hydrogens (tertiary/aromatic N) is 1. The van der Waals surface area contributed by atoms with Gasteiger partial charge in [-0.3, -0.25) is 0 Å². The molecule has 25 heavy (non-hydrogen) atoms. The SMILES string of the molecule is CC(OC(N)=O)c1nc2ccc(F)cc2cc1OCc1ccccc1. The van der Waals surface area contributed by atoms with Gasteiger partial charge in [0.15, 0.2) is 0 Å². The number of pyridine rings is 1. The molecule has 5 nitrogen and oxygen atoms in total. The van der Waals surface area contributed by atoms with Crippen molar-refractivity contribution >= 4 is 17.0 Å². The maximum Gasteiger partial charge on any atom is 0.405 e. The van der Waals surface area contributed by atoms with Crippen molar-refractivity contribution in [3.63, 3.8) is 0 Å². The van der Waals surface area contributed by atoms with Gasteiger partial charge in [-0.05, 0) is 36.8 Å². The number of amides is 1. The molecule has 0 aliphatic heterocycles. The van der Waals surface area contributed by atoms with Crippen LogP contribution in [0.1, 0.15) is 24.3 Å². The third-order valence-corrected chi connectivity index (χ3v) is 3.68. The smallest absolute Gasteiger partial charge is 0.405 e. The molecule has 6 heteroatoms. The van der Waals surface area contributed by atoms with Gasteiger partial charge in [-0.25, -0.2) is 14.2 Å². The number of halogens is 1. The fourth-order valence-electron chi connectivity index (χ4n) is 2.52. The summed E-state index contributed by atoms with van der Waals surface area (Å²) in [6.45, 7) is 1.96. The Morgan fingerprint density at radius 1 is 1.20 bits per heavy atom. The van der Waals surface area contributed by atoms with E-state index in [-0.39, 0.29) is 5.82 Å². The van der Waals surface area contributed by atoms with Gasteiger partial charge in [0.2, 0.25) is 0 Å². The average molecular weight is 340 g/mol. The van der Waals surface area contributed by atoms with E-state index < -0.39 is 12.2 Å². The molecule has 128 valence electrons. The first-order valence-electron chi connectivity index (χ1n) is 7.76. The van der Waals surface area contributed by atoms with E-state index in [1.54, 1.807) is 19.1 Å². The summed E-state index contributed by atoms with van der Waals surface area (Å²) in [6.07, 6.45) is -1.60. The first-order valence-corrected chi connectivity index (χ1v) is 7.76. The number of carbonyl (C=O) groups is 1. The molecule has 0 aliphatic carbocycles. The summed E-state index contributed by atoms with van der Waals surface area (Å²) in [5, 5.41) is 0.595. The average Bonchev–Trinajstić information content (AvgIpc) is 2.59. The zero-order valence-electron chi connectivity index (χ0n) is 13.6. The topological polar surface area (TPSA) is 74.4 Å². The third kappa shape index (κ3) is 4.03. The van der Waals surface area contributed by atoms with E-state index in [1.807, 2.05) is 30.3 Å². The van der Waals surface area contributed by atoms with Gasteiger partial charge in [0.1, 0.15) is 30.0 Å². The molecule has 0 radical (unpaired) electrons. The predicted octanol–water partition coefficient (Wildman–Crippen LogP) is 4.11. The van der Waals surface area contributed by atoms with Gasteiger partial charge >= 0.3 is 6.09 Å². The molecule has 2 N–H and O–H groups in total. The summed E-state index contributed by atoms with van der Waals surface area (Å²) >= 11 is 0. The molecule has 0 saturated heterocycles. The van der Waals surface area contributed by atoms with Crippen molar-refractivity contribution in [1.29, 1.82) is 0 Å². The van der Waals surface area contributed by atoms with E-state index in [0.717, 1.165) is 5.56 Å². The minimum Gasteiger partial charge on any atom is -0.487 e. The highest BCUT2D eigenvalue weighted by Gasteiger charge is 2.18. The Morgan fingerprint density at radius 3 is 2.68 bits per heavy atom. The quantitative estimate of drug-likeness (QED) is 0.758. The van der Waals surface area contributed by atoms with Crippen LogP contribution in [0.5, 0.6) is 5.75 Å². The molecule has 0 bridgehead atoms. The number of hydrogen-bond donors (Lipinski definition) is 1. The van der Waals surface area contributed by atoms with Crippen molar-refractivity contribution < 1.29 is 18.7 Å². The molecule has 1 amide bonds. The monoisotopic (exact) mass is 340 g/mol. The van der Waals surface area contributed by atoms with Crippen molar-refractivity contribution in [2.24, 2.45) is 5.73 Å². The molecular formula is C19H17FN2O3. The highest BCUT2D eigenvalue weighted by Crippen LogP contribution is 2.30. The zero-order chi connectivity index (χ0) is 17.8. The first-order chi connectivity index (χ1) is 12.0. The molecule has 3 aromatic rings. The van der Waals surface area contributed by atoms with Gasteiger partial charge in [-0.2, -0.15) is 0 Å². The zero-order valence-corrected chi connectivity index (χ0v) is 13.6. The second kappa shape index (κ2) is 7.17. The fourth-order valence-corrected chi connectivity index (χ4v) is 2.52. The molecule has 1 unspecified atom stereocenters. The highest BCUT2D eigenvalue weighted by atomic mass is 19.1. The van der Waals surface area contributed by atoms with Gasteiger partial charge in [-0.15, -0.1) is 0 Å². The van der Waals surface area contributed by atoms with E-state index in [4.69, 9.17) is 15.2 Å². The van der Waals surface area contributed by atoms with E-state index >= 15 is 0 Å². The second-order valence-electron chi connectivity index (χ2n) is 5.56. The fraction of sp³-hybridized carbons (Fsp3) is 0.158. The molecule has 0 fully saturated rings. The lowest BCUT2D eigenvalue weighted by molar-refractivity contribution is 0.112. The Labute approximate surface area is 144 Å². The molecule has 0 aliphatic rings. The number of hydrogen-bond acceptors (Lipinski definition) is 4. The van der Waals surface area contributed by atoms with Crippen molar-refractivity contribution in [3.05, 3.63) is 71.7 Å². The molecule has 0 saturated carbocycles. The summed E-state index contributed by atoms with van der Waals surface area (Å²) in [4.78, 5) is 15.5. The van der Waals surface area contributed by atoms with E-state index in [0.29, 0.717) is 29.0 Å². The lowest BCUT2D eigenvalue weighted by Crippen LogP contribution is -2.17. The molecule has 1 heterocycles. The van der Waals surface area contributed by atoms with Gasteiger partial charge in [0.25, 0.3) is 0 Å². The number of ether oxygens (including phenoxy) is 2. The summed E-state index contributed by atoms with van der Waals surface area (Å²) in [6, 6.07) is 15.5. The minimum atomic E-state index is -0.900. The maximum atomic E-state index is 13.5. The lowest BCUT2D eigenvalue weighted by Gasteiger charge is -2.17. The Bertz CT molecular complexity index is 900. The lowest BCUT2D eigenvalue weighted by atomic mass is 10.1. The van der Waals surface area contributed by atoms with E-state index in [1.165, 1.54) is 12.1 Å². The van der Waals surface area contributed by atoms with Crippen LogP contribution in [-0.4, -0.2) is 11.1 Å². The van der Waals surface area contributed by atoms with Gasteiger partial charge < -0.3 is 15.2 Å². The number of carbonyl (C=O) groups excluding carboxylic acids is 1. The first kappa shape index (κ1) is 16.7. The number of primary amides is 1. The molecule has 3 rings (SSSR count). The normalized spacial score (nSPS) is 11.9. The minimum absolute atomic E-state index is 0.305. The number of fused-ring (bicyclic) bond motifs is 1. The third-order valence-electron chi connectivity index (χ3n) is 3.68. The van der Waals surface area contributed by atoms with Crippen LogP contribution in [0.25, 0.3) is 10.9 Å². The summed E-state index contributed by atoms with van der Waals surface area (Å²) in [5.41, 5.74) is 7.07. The van der Waals surface area contributed by atoms with Crippen molar-refractivity contribution in [2.75, 3.05) is 0 Å². The van der Waals surface area contributed by atoms with Crippen molar-refractivity contribution in [1.82, 2.24) is 4.98 Å². The Balaban J connectivity index is 1.98. The van der Waals surface area contributed by atoms with Crippen LogP contribution >= 0.6 is 0 Å². The van der Waals surface area contributed by atoms with Crippen molar-refractivity contribution in [3.8, 4) is 5.75 Å². The Kier molecular flexibility index (Phi) is 4.79. The number of nitrogens with two attached hydrogens (primary N) is 1. The van der Waals surface area contributed by atoms with E-state index in [2.05, 4.69) is 4.98 Å². The van der Waals surface area contributed by atoms with Gasteiger partial charge in [-0.1, -0.05) is 30.3 Å². The van der Waals surface area contributed by atoms with Crippen LogP contribution in [0.3, 0.4) is 0 Å². The van der Waals surface area contributed by atoms with Crippen LogP contribution in [0.2, 0.25) is 0 Å². The van der Waals surface area contributed by atoms with Crippen molar-refractivity contribution in [2.45, 2.75) is 19.6 Å². The molecule has 2 aromatic carbocycles. The predicted molar refractivity (Wildman–Crippen MR) is 91.6 cm³/mol. The van der Waals surface area contributed by atoms with Crippen LogP contribution in [-0.2, 0) is 11.3 Å². The van der Waals surface area contributed by atoms with Crippen LogP contribution in [0.4, 0.5) is 9.18 Å². The largest absolute Gasteiger partial charge is 0.487 e. The number of aromatic nitrogens is 1. The standard InChI is InChI=1S/C19H17FN2O3/c1-12(25-19(21)23)18-17(24-11-13-5-3-2-4-6-13)10-14-9-15(20)7-8-16(14)22-18/h2-10,12H,11H2,1H3,(H2,21,23). The van der Waals surface area contributed by atoms with Crippen LogP contribution < -0.4 is 10.5 Å². The Morgan fingerprint density at radius 2 is 1.96 bits per heavy atom. The van der Waals surface area contributed by atoms with Gasteiger partial charge in [0, 0.05) is 5.39 Å². The van der Waals surface area contributed by atoms with Crippen LogP contribution in [0.15, 0.2) is 54.6 Å². The van der Waals surface area contributed by atoms with Crippen LogP contribution in [0, 0.1) is 5.82 Å². The second-order valence-corrected chi connectivity index (χ2v) is 5.56. The van der Waals surface area contributed by atoms with Gasteiger partial charge in [0.05, 0.1) is 5.52 Å². The molecule has 1 atom stereocenters.